The zero-order chi connectivity index (χ0) is 11.7. The Morgan fingerprint density at radius 2 is 2.12 bits per heavy atom. The number of hydrogen-bond acceptors (Lipinski definition) is 0. The van der Waals surface area contributed by atoms with Crippen molar-refractivity contribution >= 4 is 11.6 Å². The van der Waals surface area contributed by atoms with Crippen molar-refractivity contribution in [3.63, 3.8) is 0 Å². The smallest absolute Gasteiger partial charge is 0.123 e. The summed E-state index contributed by atoms with van der Waals surface area (Å²) in [6, 6.07) is 5.06. The first-order valence-corrected chi connectivity index (χ1v) is 6.40. The molecule has 0 radical (unpaired) electrons. The predicted molar refractivity (Wildman–Crippen MR) is 66.4 cm³/mol. The minimum Gasteiger partial charge on any atom is -0.207 e. The van der Waals surface area contributed by atoms with E-state index < -0.39 is 0 Å². The Morgan fingerprint density at radius 1 is 1.38 bits per heavy atom. The highest BCUT2D eigenvalue weighted by atomic mass is 35.5. The van der Waals surface area contributed by atoms with Gasteiger partial charge in [0.15, 0.2) is 0 Å². The maximum atomic E-state index is 13.2. The summed E-state index contributed by atoms with van der Waals surface area (Å²) in [7, 11) is 0. The van der Waals surface area contributed by atoms with Crippen molar-refractivity contribution in [1.29, 1.82) is 0 Å². The molecular formula is C14H18ClF. The molecule has 0 bridgehead atoms. The topological polar surface area (TPSA) is 0 Å². The van der Waals surface area contributed by atoms with Gasteiger partial charge in [-0.3, -0.25) is 0 Å². The molecule has 0 nitrogen and oxygen atoms in total. The lowest BCUT2D eigenvalue weighted by Crippen LogP contribution is -2.13. The van der Waals surface area contributed by atoms with Gasteiger partial charge < -0.3 is 0 Å². The fourth-order valence-electron chi connectivity index (χ4n) is 2.62. The SMILES string of the molecule is Cc1ccc(F)cc1CC1CCC(Cl)C1C. The molecule has 0 saturated heterocycles. The molecule has 0 aromatic heterocycles. The summed E-state index contributed by atoms with van der Waals surface area (Å²) in [5.74, 6) is 1.03. The predicted octanol–water partition coefficient (Wildman–Crippen LogP) is 4.33. The Kier molecular flexibility index (Phi) is 3.53. The van der Waals surface area contributed by atoms with Crippen LogP contribution in [0.15, 0.2) is 18.2 Å². The molecule has 2 rings (SSSR count). The number of halogens is 2. The number of aryl methyl sites for hydroxylation is 1. The van der Waals surface area contributed by atoms with E-state index in [1.54, 1.807) is 6.07 Å². The third kappa shape index (κ3) is 2.40. The molecule has 3 unspecified atom stereocenters. The molecule has 0 N–H and O–H groups in total. The summed E-state index contributed by atoms with van der Waals surface area (Å²) in [6.07, 6.45) is 3.24. The summed E-state index contributed by atoms with van der Waals surface area (Å²) >= 11 is 6.22. The number of rotatable bonds is 2. The lowest BCUT2D eigenvalue weighted by atomic mass is 9.89. The monoisotopic (exact) mass is 240 g/mol. The van der Waals surface area contributed by atoms with Crippen LogP contribution in [0, 0.1) is 24.6 Å². The maximum absolute atomic E-state index is 13.2. The Labute approximate surface area is 102 Å². The molecule has 88 valence electrons. The van der Waals surface area contributed by atoms with Gasteiger partial charge in [-0.25, -0.2) is 4.39 Å². The van der Waals surface area contributed by atoms with Crippen LogP contribution in [0.2, 0.25) is 0 Å². The minimum absolute atomic E-state index is 0.131. The second kappa shape index (κ2) is 4.75. The molecule has 1 aliphatic rings. The van der Waals surface area contributed by atoms with Gasteiger partial charge in [-0.2, -0.15) is 0 Å². The molecular weight excluding hydrogens is 223 g/mol. The Hall–Kier alpha value is -0.560. The third-order valence-corrected chi connectivity index (χ3v) is 4.54. The maximum Gasteiger partial charge on any atom is 0.123 e. The summed E-state index contributed by atoms with van der Waals surface area (Å²) in [4.78, 5) is 0. The molecule has 0 heterocycles. The normalized spacial score (nSPS) is 29.6. The van der Waals surface area contributed by atoms with E-state index >= 15 is 0 Å². The Bertz CT molecular complexity index is 375. The molecule has 0 amide bonds. The fraction of sp³-hybridized carbons (Fsp3) is 0.571. The molecule has 1 aliphatic carbocycles. The lowest BCUT2D eigenvalue weighted by molar-refractivity contribution is 0.418. The van der Waals surface area contributed by atoms with Crippen molar-refractivity contribution < 1.29 is 4.39 Å². The molecule has 2 heteroatoms. The van der Waals surface area contributed by atoms with E-state index in [-0.39, 0.29) is 5.82 Å². The van der Waals surface area contributed by atoms with Crippen LogP contribution in [-0.4, -0.2) is 5.38 Å². The largest absolute Gasteiger partial charge is 0.207 e. The van der Waals surface area contributed by atoms with Crippen LogP contribution < -0.4 is 0 Å². The van der Waals surface area contributed by atoms with Crippen molar-refractivity contribution in [3.8, 4) is 0 Å². The quantitative estimate of drug-likeness (QED) is 0.675. The van der Waals surface area contributed by atoms with E-state index in [2.05, 4.69) is 6.92 Å². The van der Waals surface area contributed by atoms with Crippen molar-refractivity contribution in [3.05, 3.63) is 35.1 Å². The molecule has 3 atom stereocenters. The average molecular weight is 241 g/mol. The Balaban J connectivity index is 2.12. The van der Waals surface area contributed by atoms with Gasteiger partial charge in [-0.1, -0.05) is 13.0 Å². The molecule has 16 heavy (non-hydrogen) atoms. The highest BCUT2D eigenvalue weighted by molar-refractivity contribution is 6.20. The fourth-order valence-corrected chi connectivity index (χ4v) is 2.96. The van der Waals surface area contributed by atoms with Gasteiger partial charge in [0, 0.05) is 5.38 Å². The first kappa shape index (κ1) is 11.9. The van der Waals surface area contributed by atoms with Crippen molar-refractivity contribution in [2.75, 3.05) is 0 Å². The van der Waals surface area contributed by atoms with Gasteiger partial charge in [0.1, 0.15) is 5.82 Å². The molecule has 1 aromatic rings. The van der Waals surface area contributed by atoms with E-state index in [9.17, 15) is 4.39 Å². The first-order valence-electron chi connectivity index (χ1n) is 5.97. The summed E-state index contributed by atoms with van der Waals surface area (Å²) in [5, 5.41) is 0.305. The second-order valence-corrected chi connectivity index (χ2v) is 5.55. The van der Waals surface area contributed by atoms with Crippen LogP contribution in [0.1, 0.15) is 30.9 Å². The molecule has 1 saturated carbocycles. The van der Waals surface area contributed by atoms with E-state index in [0.717, 1.165) is 18.4 Å². The standard InChI is InChI=1S/C14H18ClF/c1-9-3-5-13(16)8-12(9)7-11-4-6-14(15)10(11)2/h3,5,8,10-11,14H,4,6-7H2,1-2H3. The number of hydrogen-bond donors (Lipinski definition) is 0. The number of benzene rings is 1. The van der Waals surface area contributed by atoms with Gasteiger partial charge in [0.2, 0.25) is 0 Å². The molecule has 0 spiro atoms. The highest BCUT2D eigenvalue weighted by Gasteiger charge is 2.31. The van der Waals surface area contributed by atoms with Gasteiger partial charge in [-0.15, -0.1) is 11.6 Å². The van der Waals surface area contributed by atoms with Gasteiger partial charge in [0.05, 0.1) is 0 Å². The van der Waals surface area contributed by atoms with Gasteiger partial charge >= 0.3 is 0 Å². The van der Waals surface area contributed by atoms with Crippen LogP contribution in [-0.2, 0) is 6.42 Å². The lowest BCUT2D eigenvalue weighted by Gasteiger charge is -2.18. The number of alkyl halides is 1. The summed E-state index contributed by atoms with van der Waals surface area (Å²) < 4.78 is 13.2. The van der Waals surface area contributed by atoms with Crippen LogP contribution >= 0.6 is 11.6 Å². The molecule has 0 aliphatic heterocycles. The Morgan fingerprint density at radius 3 is 2.75 bits per heavy atom. The van der Waals surface area contributed by atoms with Crippen molar-refractivity contribution in [2.45, 2.75) is 38.5 Å². The highest BCUT2D eigenvalue weighted by Crippen LogP contribution is 2.37. The van der Waals surface area contributed by atoms with E-state index in [1.165, 1.54) is 18.1 Å². The van der Waals surface area contributed by atoms with E-state index in [0.29, 0.717) is 17.2 Å². The first-order chi connectivity index (χ1) is 7.58. The third-order valence-electron chi connectivity index (χ3n) is 3.92. The van der Waals surface area contributed by atoms with Crippen molar-refractivity contribution in [2.24, 2.45) is 11.8 Å². The molecule has 1 fully saturated rings. The van der Waals surface area contributed by atoms with Crippen LogP contribution in [0.25, 0.3) is 0 Å². The average Bonchev–Trinajstić information content (AvgIpc) is 2.55. The van der Waals surface area contributed by atoms with Crippen LogP contribution in [0.5, 0.6) is 0 Å². The van der Waals surface area contributed by atoms with Gasteiger partial charge in [0.25, 0.3) is 0 Å². The zero-order valence-corrected chi connectivity index (χ0v) is 10.6. The zero-order valence-electron chi connectivity index (χ0n) is 9.84. The van der Waals surface area contributed by atoms with Crippen molar-refractivity contribution in [1.82, 2.24) is 0 Å². The summed E-state index contributed by atoms with van der Waals surface area (Å²) in [6.45, 7) is 4.26. The van der Waals surface area contributed by atoms with Crippen LogP contribution in [0.4, 0.5) is 4.39 Å². The minimum atomic E-state index is -0.131. The van der Waals surface area contributed by atoms with Crippen LogP contribution in [0.3, 0.4) is 0 Å². The van der Waals surface area contributed by atoms with E-state index in [4.69, 9.17) is 11.6 Å². The summed E-state index contributed by atoms with van der Waals surface area (Å²) in [5.41, 5.74) is 2.33. The van der Waals surface area contributed by atoms with Gasteiger partial charge in [-0.05, 0) is 61.3 Å². The molecule has 1 aromatic carbocycles. The van der Waals surface area contributed by atoms with E-state index in [1.807, 2.05) is 13.0 Å². The second-order valence-electron chi connectivity index (χ2n) is 4.99.